The molecule has 5 heteroatoms. The zero-order valence-corrected chi connectivity index (χ0v) is 10.8. The molecule has 0 saturated heterocycles. The van der Waals surface area contributed by atoms with Gasteiger partial charge in [-0.1, -0.05) is 0 Å². The van der Waals surface area contributed by atoms with Crippen LogP contribution in [0.15, 0.2) is 30.7 Å². The van der Waals surface area contributed by atoms with Crippen LogP contribution in [0.25, 0.3) is 0 Å². The molecule has 0 fully saturated rings. The number of imidazole rings is 1. The lowest BCUT2D eigenvalue weighted by molar-refractivity contribution is 0.789. The highest BCUT2D eigenvalue weighted by Gasteiger charge is 1.99. The summed E-state index contributed by atoms with van der Waals surface area (Å²) in [7, 11) is 2.01. The minimum atomic E-state index is 0.862. The first kappa shape index (κ1) is 12.4. The zero-order valence-electron chi connectivity index (χ0n) is 10.8. The fraction of sp³-hybridized carbons (Fsp3) is 0.385. The lowest BCUT2D eigenvalue weighted by atomic mass is 10.3. The summed E-state index contributed by atoms with van der Waals surface area (Å²) in [6, 6.07) is 3.99. The van der Waals surface area contributed by atoms with Crippen molar-refractivity contribution in [3.8, 4) is 0 Å². The van der Waals surface area contributed by atoms with E-state index in [4.69, 9.17) is 0 Å². The second-order valence-corrected chi connectivity index (χ2v) is 4.09. The van der Waals surface area contributed by atoms with Gasteiger partial charge >= 0.3 is 0 Å². The van der Waals surface area contributed by atoms with Gasteiger partial charge in [-0.2, -0.15) is 0 Å². The summed E-state index contributed by atoms with van der Waals surface area (Å²) in [6.07, 6.45) is 6.50. The molecule has 0 atom stereocenters. The van der Waals surface area contributed by atoms with Crippen LogP contribution in [0.2, 0.25) is 0 Å². The molecule has 96 valence electrons. The van der Waals surface area contributed by atoms with Crippen molar-refractivity contribution in [1.29, 1.82) is 0 Å². The number of hydrogen-bond donors (Lipinski definition) is 2. The van der Waals surface area contributed by atoms with Crippen LogP contribution in [0.3, 0.4) is 0 Å². The Kier molecular flexibility index (Phi) is 4.17. The Hall–Kier alpha value is -2.04. The second-order valence-electron chi connectivity index (χ2n) is 4.09. The molecular weight excluding hydrogens is 226 g/mol. The monoisotopic (exact) mass is 245 g/mol. The predicted octanol–water partition coefficient (Wildman–Crippen LogP) is 1.90. The fourth-order valence-corrected chi connectivity index (χ4v) is 1.77. The first-order valence-electron chi connectivity index (χ1n) is 6.19. The fourth-order valence-electron chi connectivity index (χ4n) is 1.77. The second kappa shape index (κ2) is 6.05. The third-order valence-electron chi connectivity index (χ3n) is 2.72. The zero-order chi connectivity index (χ0) is 12.8. The van der Waals surface area contributed by atoms with Gasteiger partial charge in [0.25, 0.3) is 0 Å². The van der Waals surface area contributed by atoms with E-state index >= 15 is 0 Å². The Morgan fingerprint density at radius 3 is 2.83 bits per heavy atom. The van der Waals surface area contributed by atoms with Crippen molar-refractivity contribution in [3.63, 3.8) is 0 Å². The summed E-state index contributed by atoms with van der Waals surface area (Å²) in [5.41, 5.74) is 1.08. The van der Waals surface area contributed by atoms with Crippen LogP contribution in [-0.4, -0.2) is 27.6 Å². The van der Waals surface area contributed by atoms with Gasteiger partial charge in [0.2, 0.25) is 0 Å². The number of aryl methyl sites for hydroxylation is 1. The number of aromatic nitrogens is 3. The quantitative estimate of drug-likeness (QED) is 0.816. The van der Waals surface area contributed by atoms with Gasteiger partial charge < -0.3 is 15.2 Å². The number of nitrogens with zero attached hydrogens (tertiary/aromatic N) is 3. The predicted molar refractivity (Wildman–Crippen MR) is 73.8 cm³/mol. The largest absolute Gasteiger partial charge is 0.384 e. The van der Waals surface area contributed by atoms with Crippen LogP contribution in [0, 0.1) is 0 Å². The highest BCUT2D eigenvalue weighted by molar-refractivity contribution is 5.51. The van der Waals surface area contributed by atoms with Crippen LogP contribution in [0.1, 0.15) is 12.7 Å². The summed E-state index contributed by atoms with van der Waals surface area (Å²) in [5, 5.41) is 6.57. The van der Waals surface area contributed by atoms with Crippen molar-refractivity contribution in [3.05, 3.63) is 36.5 Å². The van der Waals surface area contributed by atoms with Crippen molar-refractivity contribution in [1.82, 2.24) is 14.5 Å². The summed E-state index contributed by atoms with van der Waals surface area (Å²) in [4.78, 5) is 8.53. The molecule has 0 amide bonds. The van der Waals surface area contributed by atoms with Gasteiger partial charge in [0.1, 0.15) is 11.6 Å². The SMILES string of the molecule is CCNc1cc(NCCc2nccn2C)ccn1. The summed E-state index contributed by atoms with van der Waals surface area (Å²) in [5.74, 6) is 1.99. The summed E-state index contributed by atoms with van der Waals surface area (Å²) >= 11 is 0. The van der Waals surface area contributed by atoms with Gasteiger partial charge in [0, 0.05) is 56.9 Å². The molecule has 0 bridgehead atoms. The first-order valence-corrected chi connectivity index (χ1v) is 6.19. The number of nitrogens with one attached hydrogen (secondary N) is 2. The maximum atomic E-state index is 4.29. The highest BCUT2D eigenvalue weighted by atomic mass is 15.0. The van der Waals surface area contributed by atoms with E-state index in [9.17, 15) is 0 Å². The maximum absolute atomic E-state index is 4.29. The minimum absolute atomic E-state index is 0.862. The average molecular weight is 245 g/mol. The van der Waals surface area contributed by atoms with Crippen LogP contribution >= 0.6 is 0 Å². The third-order valence-corrected chi connectivity index (χ3v) is 2.72. The number of hydrogen-bond acceptors (Lipinski definition) is 4. The van der Waals surface area contributed by atoms with E-state index in [0.29, 0.717) is 0 Å². The van der Waals surface area contributed by atoms with Crippen molar-refractivity contribution in [2.75, 3.05) is 23.7 Å². The van der Waals surface area contributed by atoms with Gasteiger partial charge in [-0.15, -0.1) is 0 Å². The molecular formula is C13H19N5. The van der Waals surface area contributed by atoms with E-state index < -0.39 is 0 Å². The van der Waals surface area contributed by atoms with E-state index in [1.807, 2.05) is 36.1 Å². The van der Waals surface area contributed by atoms with Crippen LogP contribution in [-0.2, 0) is 13.5 Å². The topological polar surface area (TPSA) is 54.8 Å². The van der Waals surface area contributed by atoms with Crippen molar-refractivity contribution >= 4 is 11.5 Å². The van der Waals surface area contributed by atoms with Gasteiger partial charge in [0.05, 0.1) is 0 Å². The molecule has 2 aromatic heterocycles. The van der Waals surface area contributed by atoms with Gasteiger partial charge in [-0.25, -0.2) is 9.97 Å². The molecule has 18 heavy (non-hydrogen) atoms. The Morgan fingerprint density at radius 1 is 1.22 bits per heavy atom. The number of rotatable bonds is 6. The Balaban J connectivity index is 1.86. The summed E-state index contributed by atoms with van der Waals surface area (Å²) in [6.45, 7) is 3.80. The number of pyridine rings is 1. The first-order chi connectivity index (χ1) is 8.79. The van der Waals surface area contributed by atoms with Crippen molar-refractivity contribution in [2.45, 2.75) is 13.3 Å². The molecule has 0 spiro atoms. The molecule has 2 aromatic rings. The number of anilines is 2. The van der Waals surface area contributed by atoms with E-state index in [1.165, 1.54) is 0 Å². The molecule has 0 aliphatic heterocycles. The highest BCUT2D eigenvalue weighted by Crippen LogP contribution is 2.11. The van der Waals surface area contributed by atoms with Gasteiger partial charge in [-0.3, -0.25) is 0 Å². The molecule has 5 nitrogen and oxygen atoms in total. The molecule has 2 rings (SSSR count). The minimum Gasteiger partial charge on any atom is -0.384 e. The van der Waals surface area contributed by atoms with Crippen molar-refractivity contribution < 1.29 is 0 Å². The smallest absolute Gasteiger partial charge is 0.127 e. The molecule has 0 aliphatic carbocycles. The molecule has 0 radical (unpaired) electrons. The molecule has 0 unspecified atom stereocenters. The molecule has 0 saturated carbocycles. The summed E-state index contributed by atoms with van der Waals surface area (Å²) < 4.78 is 2.04. The van der Waals surface area contributed by atoms with E-state index in [2.05, 4.69) is 27.5 Å². The average Bonchev–Trinajstić information content (AvgIpc) is 2.76. The third kappa shape index (κ3) is 3.23. The van der Waals surface area contributed by atoms with Gasteiger partial charge in [0.15, 0.2) is 0 Å². The van der Waals surface area contributed by atoms with Crippen LogP contribution in [0.5, 0.6) is 0 Å². The van der Waals surface area contributed by atoms with Crippen LogP contribution < -0.4 is 10.6 Å². The molecule has 2 heterocycles. The maximum Gasteiger partial charge on any atom is 0.127 e. The lowest BCUT2D eigenvalue weighted by Crippen LogP contribution is -2.09. The standard InChI is InChI=1S/C13H19N5/c1-3-14-12-10-11(4-6-16-12)15-7-5-13-17-8-9-18(13)2/h4,6,8-10H,3,5,7H2,1-2H3,(H2,14,15,16). The molecule has 0 aliphatic rings. The Bertz CT molecular complexity index is 492. The molecule has 0 aromatic carbocycles. The van der Waals surface area contributed by atoms with Crippen molar-refractivity contribution in [2.24, 2.45) is 7.05 Å². The normalized spacial score (nSPS) is 10.3. The van der Waals surface area contributed by atoms with Gasteiger partial charge in [-0.05, 0) is 13.0 Å². The molecule has 2 N–H and O–H groups in total. The van der Waals surface area contributed by atoms with E-state index in [1.54, 1.807) is 6.20 Å². The lowest BCUT2D eigenvalue weighted by Gasteiger charge is -2.08. The Labute approximate surface area is 107 Å². The van der Waals surface area contributed by atoms with E-state index in [0.717, 1.165) is 36.8 Å². The van der Waals surface area contributed by atoms with Crippen LogP contribution in [0.4, 0.5) is 11.5 Å². The Morgan fingerprint density at radius 2 is 2.11 bits per heavy atom. The van der Waals surface area contributed by atoms with E-state index in [-0.39, 0.29) is 0 Å².